The van der Waals surface area contributed by atoms with Gasteiger partial charge in [0.2, 0.25) is 0 Å². The van der Waals surface area contributed by atoms with Gasteiger partial charge in [-0.2, -0.15) is 0 Å². The van der Waals surface area contributed by atoms with Crippen molar-refractivity contribution in [3.8, 4) is 0 Å². The van der Waals surface area contributed by atoms with Gasteiger partial charge in [0.25, 0.3) is 3.79 Å². The van der Waals surface area contributed by atoms with Gasteiger partial charge >= 0.3 is 5.97 Å². The fourth-order valence-corrected chi connectivity index (χ4v) is 1.13. The largest absolute Gasteiger partial charge is 0.478 e. The Morgan fingerprint density at radius 3 is 1.71 bits per heavy atom. The molecule has 0 bridgehead atoms. The first kappa shape index (κ1) is 14.3. The highest BCUT2D eigenvalue weighted by molar-refractivity contribution is 6.75. The van der Waals surface area contributed by atoms with Gasteiger partial charge in [-0.25, -0.2) is 4.79 Å². The molecule has 3 N–H and O–H groups in total. The van der Waals surface area contributed by atoms with E-state index in [1.807, 2.05) is 0 Å². The number of carboxylic acids is 1. The number of rotatable bonds is 0. The van der Waals surface area contributed by atoms with Gasteiger partial charge in [-0.05, 0) is 12.8 Å². The molecule has 1 rings (SSSR count). The van der Waals surface area contributed by atoms with E-state index in [2.05, 4.69) is 0 Å². The van der Waals surface area contributed by atoms with Gasteiger partial charge in [-0.1, -0.05) is 54.1 Å². The molecule has 84 valence electrons. The molecule has 6 heteroatoms. The van der Waals surface area contributed by atoms with Crippen LogP contribution in [0.1, 0.15) is 32.1 Å². The number of alkyl halides is 3. The van der Waals surface area contributed by atoms with Gasteiger partial charge < -0.3 is 10.8 Å². The first-order chi connectivity index (χ1) is 6.34. The number of nitrogens with two attached hydrogens (primary N) is 1. The van der Waals surface area contributed by atoms with Crippen LogP contribution < -0.4 is 5.73 Å². The summed E-state index contributed by atoms with van der Waals surface area (Å²) in [4.78, 5) is 9.62. The van der Waals surface area contributed by atoms with Crippen molar-refractivity contribution in [2.24, 2.45) is 5.73 Å². The maximum atomic E-state index is 9.62. The molecule has 0 unspecified atom stereocenters. The molecule has 0 spiro atoms. The maximum absolute atomic E-state index is 9.62. The van der Waals surface area contributed by atoms with Gasteiger partial charge in [-0.3, -0.25) is 0 Å². The average molecular weight is 263 g/mol. The summed E-state index contributed by atoms with van der Waals surface area (Å²) >= 11 is 14.4. The first-order valence-electron chi connectivity index (χ1n) is 4.39. The zero-order chi connectivity index (χ0) is 11.2. The highest BCUT2D eigenvalue weighted by Crippen LogP contribution is 2.25. The van der Waals surface area contributed by atoms with E-state index in [9.17, 15) is 4.79 Å². The second kappa shape index (κ2) is 6.72. The monoisotopic (exact) mass is 261 g/mol. The molecule has 0 amide bonds. The lowest BCUT2D eigenvalue weighted by atomic mass is 9.97. The third-order valence-corrected chi connectivity index (χ3v) is 2.38. The summed E-state index contributed by atoms with van der Waals surface area (Å²) in [5, 5.41) is 7.85. The lowest BCUT2D eigenvalue weighted by Gasteiger charge is -2.15. The minimum atomic E-state index is -2.17. The van der Waals surface area contributed by atoms with Gasteiger partial charge in [0, 0.05) is 6.04 Å². The fraction of sp³-hybridized carbons (Fsp3) is 0.875. The Balaban J connectivity index is 0.000000241. The lowest BCUT2D eigenvalue weighted by molar-refractivity contribution is -0.135. The van der Waals surface area contributed by atoms with E-state index in [4.69, 9.17) is 45.6 Å². The van der Waals surface area contributed by atoms with E-state index in [0.29, 0.717) is 6.04 Å². The quantitative estimate of drug-likeness (QED) is 0.660. The smallest absolute Gasteiger partial charge is 0.356 e. The summed E-state index contributed by atoms with van der Waals surface area (Å²) in [6.45, 7) is 0. The molecule has 0 aromatic carbocycles. The van der Waals surface area contributed by atoms with E-state index in [1.54, 1.807) is 0 Å². The number of hydrogen-bond acceptors (Lipinski definition) is 2. The molecule has 3 nitrogen and oxygen atoms in total. The Labute approximate surface area is 98.5 Å². The predicted octanol–water partition coefficient (Wildman–Crippen LogP) is 2.72. The molecular weight excluding hydrogens is 248 g/mol. The Bertz CT molecular complexity index is 176. The Morgan fingerprint density at radius 1 is 1.21 bits per heavy atom. The molecular formula is C8H14Cl3NO2. The van der Waals surface area contributed by atoms with Crippen LogP contribution in [0.4, 0.5) is 0 Å². The molecule has 0 aliphatic heterocycles. The molecule has 1 aliphatic rings. The topological polar surface area (TPSA) is 63.3 Å². The molecule has 0 heterocycles. The predicted molar refractivity (Wildman–Crippen MR) is 59.0 cm³/mol. The number of hydrogen-bond donors (Lipinski definition) is 2. The van der Waals surface area contributed by atoms with Crippen molar-refractivity contribution >= 4 is 40.8 Å². The van der Waals surface area contributed by atoms with Crippen LogP contribution in [-0.2, 0) is 4.79 Å². The SMILES string of the molecule is NC1CCCCC1.O=C(O)C(Cl)(Cl)Cl. The van der Waals surface area contributed by atoms with Crippen LogP contribution in [0.25, 0.3) is 0 Å². The summed E-state index contributed by atoms with van der Waals surface area (Å²) < 4.78 is -2.17. The van der Waals surface area contributed by atoms with Gasteiger partial charge in [-0.15, -0.1) is 0 Å². The van der Waals surface area contributed by atoms with Gasteiger partial charge in [0.05, 0.1) is 0 Å². The van der Waals surface area contributed by atoms with E-state index in [-0.39, 0.29) is 0 Å². The molecule has 0 aromatic heterocycles. The normalized spacial score (nSPS) is 18.3. The molecule has 1 saturated carbocycles. The number of carboxylic acid groups (broad SMARTS) is 1. The number of aliphatic carboxylic acids is 1. The van der Waals surface area contributed by atoms with E-state index in [0.717, 1.165) is 0 Å². The first-order valence-corrected chi connectivity index (χ1v) is 5.53. The van der Waals surface area contributed by atoms with Crippen molar-refractivity contribution < 1.29 is 9.90 Å². The summed E-state index contributed by atoms with van der Waals surface area (Å²) in [5.41, 5.74) is 5.63. The van der Waals surface area contributed by atoms with Crippen molar-refractivity contribution in [1.82, 2.24) is 0 Å². The van der Waals surface area contributed by atoms with Crippen LogP contribution in [0, 0.1) is 0 Å². The highest BCUT2D eigenvalue weighted by Gasteiger charge is 2.29. The van der Waals surface area contributed by atoms with Crippen molar-refractivity contribution in [2.45, 2.75) is 41.9 Å². The van der Waals surface area contributed by atoms with Crippen LogP contribution in [-0.4, -0.2) is 20.9 Å². The van der Waals surface area contributed by atoms with Crippen molar-refractivity contribution in [3.05, 3.63) is 0 Å². The lowest BCUT2D eigenvalue weighted by Crippen LogP contribution is -2.22. The maximum Gasteiger partial charge on any atom is 0.356 e. The van der Waals surface area contributed by atoms with Crippen LogP contribution in [0.5, 0.6) is 0 Å². The summed E-state index contributed by atoms with van der Waals surface area (Å²) in [6, 6.07) is 0.536. The Hall–Kier alpha value is 0.300. The highest BCUT2D eigenvalue weighted by atomic mass is 35.6. The standard InChI is InChI=1S/C6H13N.C2HCl3O2/c7-6-4-2-1-3-5-6;3-2(4,5)1(6)7/h6H,1-5,7H2;(H,6,7). The van der Waals surface area contributed by atoms with E-state index in [1.165, 1.54) is 32.1 Å². The molecule has 1 aliphatic carbocycles. The third-order valence-electron chi connectivity index (χ3n) is 1.89. The fourth-order valence-electron chi connectivity index (χ4n) is 1.13. The second-order valence-corrected chi connectivity index (χ2v) is 5.48. The third kappa shape index (κ3) is 7.68. The van der Waals surface area contributed by atoms with Crippen LogP contribution in [0.15, 0.2) is 0 Å². The van der Waals surface area contributed by atoms with Crippen molar-refractivity contribution in [3.63, 3.8) is 0 Å². The van der Waals surface area contributed by atoms with E-state index >= 15 is 0 Å². The van der Waals surface area contributed by atoms with Crippen molar-refractivity contribution in [1.29, 1.82) is 0 Å². The second-order valence-electron chi connectivity index (χ2n) is 3.20. The number of carbonyl (C=O) groups is 1. The van der Waals surface area contributed by atoms with Crippen molar-refractivity contribution in [2.75, 3.05) is 0 Å². The minimum absolute atomic E-state index is 0.536. The van der Waals surface area contributed by atoms with Gasteiger partial charge in [0.1, 0.15) is 0 Å². The summed E-state index contributed by atoms with van der Waals surface area (Å²) in [5.74, 6) is -1.46. The van der Waals surface area contributed by atoms with Crippen LogP contribution >= 0.6 is 34.8 Å². The molecule has 0 saturated heterocycles. The van der Waals surface area contributed by atoms with Crippen LogP contribution in [0.2, 0.25) is 0 Å². The zero-order valence-electron chi connectivity index (χ0n) is 7.68. The molecule has 0 atom stereocenters. The molecule has 1 fully saturated rings. The Kier molecular flexibility index (Phi) is 6.87. The Morgan fingerprint density at radius 2 is 1.57 bits per heavy atom. The van der Waals surface area contributed by atoms with Gasteiger partial charge in [0.15, 0.2) is 0 Å². The van der Waals surface area contributed by atoms with E-state index < -0.39 is 9.76 Å². The summed E-state index contributed by atoms with van der Waals surface area (Å²) in [7, 11) is 0. The summed E-state index contributed by atoms with van der Waals surface area (Å²) in [6.07, 6.45) is 6.66. The number of halogens is 3. The average Bonchev–Trinajstić information content (AvgIpc) is 2.04. The molecule has 0 aromatic rings. The minimum Gasteiger partial charge on any atom is -0.478 e. The molecule has 0 radical (unpaired) electrons. The molecule has 14 heavy (non-hydrogen) atoms. The van der Waals surface area contributed by atoms with Crippen LogP contribution in [0.3, 0.4) is 0 Å². The zero-order valence-corrected chi connectivity index (χ0v) is 9.95.